The van der Waals surface area contributed by atoms with Crippen molar-refractivity contribution in [3.63, 3.8) is 0 Å². The lowest BCUT2D eigenvalue weighted by atomic mass is 10.1. The summed E-state index contributed by atoms with van der Waals surface area (Å²) in [6.07, 6.45) is 14.6. The topological polar surface area (TPSA) is 57.8 Å². The van der Waals surface area contributed by atoms with E-state index in [0.29, 0.717) is 6.42 Å². The summed E-state index contributed by atoms with van der Waals surface area (Å²) in [4.78, 5) is 19.0. The molecule has 4 nitrogen and oxygen atoms in total. The number of carbonyl (C=O) groups is 1. The Bertz CT molecular complexity index is 362. The summed E-state index contributed by atoms with van der Waals surface area (Å²) in [6, 6.07) is 0. The van der Waals surface area contributed by atoms with Crippen LogP contribution in [0.2, 0.25) is 0 Å². The lowest BCUT2D eigenvalue weighted by Gasteiger charge is -2.10. The third-order valence-electron chi connectivity index (χ3n) is 3.85. The Hall–Kier alpha value is -1.32. The predicted octanol–water partition coefficient (Wildman–Crippen LogP) is 3.85. The van der Waals surface area contributed by atoms with Crippen molar-refractivity contribution in [3.05, 3.63) is 18.2 Å². The van der Waals surface area contributed by atoms with Gasteiger partial charge in [0, 0.05) is 25.1 Å². The fourth-order valence-electron chi connectivity index (χ4n) is 2.45. The minimum absolute atomic E-state index is 0.0117. The van der Waals surface area contributed by atoms with Crippen LogP contribution in [0.3, 0.4) is 0 Å². The molecule has 1 atom stereocenters. The number of hydrogen-bond acceptors (Lipinski definition) is 2. The molecule has 0 aliphatic heterocycles. The molecule has 1 aromatic heterocycles. The van der Waals surface area contributed by atoms with E-state index >= 15 is 0 Å². The molecule has 0 aliphatic carbocycles. The van der Waals surface area contributed by atoms with Crippen molar-refractivity contribution in [2.24, 2.45) is 5.92 Å². The maximum Gasteiger partial charge on any atom is 0.223 e. The summed E-state index contributed by atoms with van der Waals surface area (Å²) in [5.74, 6) is 0.128. The number of H-pyrrole nitrogens is 1. The van der Waals surface area contributed by atoms with Crippen molar-refractivity contribution < 1.29 is 4.79 Å². The average Bonchev–Trinajstić information content (AvgIpc) is 2.98. The normalized spacial score (nSPS) is 12.3. The van der Waals surface area contributed by atoms with E-state index in [-0.39, 0.29) is 11.8 Å². The fourth-order valence-corrected chi connectivity index (χ4v) is 2.45. The molecule has 21 heavy (non-hydrogen) atoms. The van der Waals surface area contributed by atoms with Gasteiger partial charge in [-0.25, -0.2) is 4.98 Å². The highest BCUT2D eigenvalue weighted by molar-refractivity contribution is 5.78. The number of imidazole rings is 1. The quantitative estimate of drug-likeness (QED) is 0.575. The van der Waals surface area contributed by atoms with E-state index in [9.17, 15) is 4.79 Å². The lowest BCUT2D eigenvalue weighted by molar-refractivity contribution is -0.124. The van der Waals surface area contributed by atoms with Crippen LogP contribution in [0.5, 0.6) is 0 Å². The van der Waals surface area contributed by atoms with Gasteiger partial charge in [0.25, 0.3) is 0 Å². The largest absolute Gasteiger partial charge is 0.356 e. The van der Waals surface area contributed by atoms with Gasteiger partial charge in [0.2, 0.25) is 5.91 Å². The van der Waals surface area contributed by atoms with E-state index in [0.717, 1.165) is 18.7 Å². The first kappa shape index (κ1) is 17.7. The Morgan fingerprint density at radius 3 is 2.48 bits per heavy atom. The van der Waals surface area contributed by atoms with E-state index in [1.807, 2.05) is 13.1 Å². The van der Waals surface area contributed by atoms with Crippen LogP contribution in [-0.2, 0) is 11.2 Å². The molecule has 1 amide bonds. The molecule has 0 unspecified atom stereocenters. The van der Waals surface area contributed by atoms with Crippen molar-refractivity contribution in [2.45, 2.75) is 71.6 Å². The highest BCUT2D eigenvalue weighted by Gasteiger charge is 2.13. The van der Waals surface area contributed by atoms with Crippen molar-refractivity contribution in [1.82, 2.24) is 15.3 Å². The number of amides is 1. The molecule has 0 saturated carbocycles. The first-order valence-corrected chi connectivity index (χ1v) is 8.49. The number of nitrogens with one attached hydrogen (secondary N) is 2. The Labute approximate surface area is 129 Å². The van der Waals surface area contributed by atoms with Gasteiger partial charge in [0.1, 0.15) is 0 Å². The van der Waals surface area contributed by atoms with Crippen molar-refractivity contribution in [1.29, 1.82) is 0 Å². The Morgan fingerprint density at radius 2 is 1.86 bits per heavy atom. The minimum Gasteiger partial charge on any atom is -0.356 e. The van der Waals surface area contributed by atoms with Crippen molar-refractivity contribution in [2.75, 3.05) is 6.54 Å². The van der Waals surface area contributed by atoms with Crippen LogP contribution >= 0.6 is 0 Å². The van der Waals surface area contributed by atoms with Crippen LogP contribution < -0.4 is 5.32 Å². The Kier molecular flexibility index (Phi) is 9.58. The Morgan fingerprint density at radius 1 is 1.19 bits per heavy atom. The average molecular weight is 293 g/mol. The van der Waals surface area contributed by atoms with E-state index in [1.54, 1.807) is 6.33 Å². The van der Waals surface area contributed by atoms with Crippen LogP contribution in [-0.4, -0.2) is 22.4 Å². The monoisotopic (exact) mass is 293 g/mol. The second-order valence-electron chi connectivity index (χ2n) is 5.93. The maximum absolute atomic E-state index is 11.9. The van der Waals surface area contributed by atoms with Crippen molar-refractivity contribution in [3.8, 4) is 0 Å². The fraction of sp³-hybridized carbons (Fsp3) is 0.765. The zero-order chi connectivity index (χ0) is 15.3. The van der Waals surface area contributed by atoms with Gasteiger partial charge in [-0.1, -0.05) is 58.8 Å². The number of hydrogen-bond donors (Lipinski definition) is 2. The highest BCUT2D eigenvalue weighted by atomic mass is 16.1. The molecule has 120 valence electrons. The van der Waals surface area contributed by atoms with Crippen LogP contribution in [0.15, 0.2) is 12.5 Å². The van der Waals surface area contributed by atoms with Gasteiger partial charge in [0.05, 0.1) is 12.0 Å². The number of aromatic amines is 1. The molecule has 0 saturated heterocycles. The minimum atomic E-state index is -0.0117. The van der Waals surface area contributed by atoms with Gasteiger partial charge in [-0.05, 0) is 6.42 Å². The number of nitrogens with zero attached hydrogens (tertiary/aromatic N) is 1. The third kappa shape index (κ3) is 8.53. The standard InChI is InChI=1S/C17H31N3O/c1-3-4-5-6-7-8-9-10-11-19-17(21)15(2)12-16-13-18-14-20-16/h13-15H,3-12H2,1-2H3,(H,18,20)(H,19,21)/t15-/m0/s1. The molecular formula is C17H31N3O. The van der Waals surface area contributed by atoms with Gasteiger partial charge in [-0.3, -0.25) is 4.79 Å². The smallest absolute Gasteiger partial charge is 0.223 e. The molecule has 2 N–H and O–H groups in total. The van der Waals surface area contributed by atoms with E-state index in [4.69, 9.17) is 0 Å². The lowest BCUT2D eigenvalue weighted by Crippen LogP contribution is -2.31. The summed E-state index contributed by atoms with van der Waals surface area (Å²) in [6.45, 7) is 5.01. The van der Waals surface area contributed by atoms with Crippen LogP contribution in [0.1, 0.15) is 70.9 Å². The van der Waals surface area contributed by atoms with Crippen LogP contribution in [0.4, 0.5) is 0 Å². The SMILES string of the molecule is CCCCCCCCCCNC(=O)[C@@H](C)Cc1c[nH]cn1. The van der Waals surface area contributed by atoms with E-state index in [1.165, 1.54) is 44.9 Å². The molecule has 4 heteroatoms. The molecule has 0 aromatic carbocycles. The van der Waals surface area contributed by atoms with Gasteiger partial charge < -0.3 is 10.3 Å². The van der Waals surface area contributed by atoms with Gasteiger partial charge in [-0.15, -0.1) is 0 Å². The van der Waals surface area contributed by atoms with Gasteiger partial charge >= 0.3 is 0 Å². The molecule has 1 aromatic rings. The molecule has 0 fully saturated rings. The van der Waals surface area contributed by atoms with E-state index in [2.05, 4.69) is 22.2 Å². The summed E-state index contributed by atoms with van der Waals surface area (Å²) in [5.41, 5.74) is 0.949. The second kappa shape index (κ2) is 11.4. The maximum atomic E-state index is 11.9. The summed E-state index contributed by atoms with van der Waals surface area (Å²) < 4.78 is 0. The highest BCUT2D eigenvalue weighted by Crippen LogP contribution is 2.08. The molecule has 1 rings (SSSR count). The molecule has 0 radical (unpaired) electrons. The number of rotatable bonds is 12. The van der Waals surface area contributed by atoms with E-state index < -0.39 is 0 Å². The Balaban J connectivity index is 1.95. The number of carbonyl (C=O) groups excluding carboxylic acids is 1. The second-order valence-corrected chi connectivity index (χ2v) is 5.93. The zero-order valence-electron chi connectivity index (χ0n) is 13.7. The summed E-state index contributed by atoms with van der Waals surface area (Å²) in [7, 11) is 0. The van der Waals surface area contributed by atoms with Crippen LogP contribution in [0, 0.1) is 5.92 Å². The number of unbranched alkanes of at least 4 members (excludes halogenated alkanes) is 7. The van der Waals surface area contributed by atoms with Crippen LogP contribution in [0.25, 0.3) is 0 Å². The summed E-state index contributed by atoms with van der Waals surface area (Å²) in [5, 5.41) is 3.03. The molecule has 0 spiro atoms. The predicted molar refractivity (Wildman–Crippen MR) is 87.1 cm³/mol. The summed E-state index contributed by atoms with van der Waals surface area (Å²) >= 11 is 0. The number of aromatic nitrogens is 2. The molecule has 0 aliphatic rings. The first-order valence-electron chi connectivity index (χ1n) is 8.49. The first-order chi connectivity index (χ1) is 10.2. The zero-order valence-corrected chi connectivity index (χ0v) is 13.7. The van der Waals surface area contributed by atoms with Gasteiger partial charge in [0.15, 0.2) is 0 Å². The van der Waals surface area contributed by atoms with Gasteiger partial charge in [-0.2, -0.15) is 0 Å². The molecule has 1 heterocycles. The van der Waals surface area contributed by atoms with Crippen molar-refractivity contribution >= 4 is 5.91 Å². The third-order valence-corrected chi connectivity index (χ3v) is 3.85. The molecule has 0 bridgehead atoms. The molecular weight excluding hydrogens is 262 g/mol.